The summed E-state index contributed by atoms with van der Waals surface area (Å²) in [5.74, 6) is -0.965. The van der Waals surface area contributed by atoms with Crippen molar-refractivity contribution in [3.05, 3.63) is 35.9 Å². The zero-order valence-electron chi connectivity index (χ0n) is 12.1. The summed E-state index contributed by atoms with van der Waals surface area (Å²) < 4.78 is 5.45. The first-order valence-corrected chi connectivity index (χ1v) is 7.28. The van der Waals surface area contributed by atoms with E-state index >= 15 is 0 Å². The molecule has 1 aromatic carbocycles. The second-order valence-electron chi connectivity index (χ2n) is 5.37. The van der Waals surface area contributed by atoms with Gasteiger partial charge in [-0.25, -0.2) is 4.79 Å². The van der Waals surface area contributed by atoms with E-state index in [1.54, 1.807) is 24.3 Å². The average molecular weight is 291 g/mol. The molecule has 0 bridgehead atoms. The SMILES string of the molecule is CCOC1CC(CC(=O)N[C@H](C(=O)O)c2ccccc2)C1. The summed E-state index contributed by atoms with van der Waals surface area (Å²) in [4.78, 5) is 23.3. The van der Waals surface area contributed by atoms with Gasteiger partial charge in [0, 0.05) is 13.0 Å². The lowest BCUT2D eigenvalue weighted by Gasteiger charge is -2.34. The largest absolute Gasteiger partial charge is 0.479 e. The van der Waals surface area contributed by atoms with Crippen molar-refractivity contribution in [3.8, 4) is 0 Å². The van der Waals surface area contributed by atoms with Crippen LogP contribution in [0.2, 0.25) is 0 Å². The molecular formula is C16H21NO4. The number of carboxylic acids is 1. The molecule has 0 spiro atoms. The molecule has 114 valence electrons. The Morgan fingerprint density at radius 3 is 2.57 bits per heavy atom. The number of aliphatic carboxylic acids is 1. The molecule has 0 radical (unpaired) electrons. The molecule has 0 unspecified atom stereocenters. The first-order chi connectivity index (χ1) is 10.1. The van der Waals surface area contributed by atoms with Crippen LogP contribution in [0.25, 0.3) is 0 Å². The second kappa shape index (κ2) is 7.22. The predicted molar refractivity (Wildman–Crippen MR) is 77.7 cm³/mol. The molecule has 2 N–H and O–H groups in total. The Kier molecular flexibility index (Phi) is 5.33. The van der Waals surface area contributed by atoms with Crippen molar-refractivity contribution in [3.63, 3.8) is 0 Å². The minimum Gasteiger partial charge on any atom is -0.479 e. The highest BCUT2D eigenvalue weighted by atomic mass is 16.5. The van der Waals surface area contributed by atoms with E-state index in [-0.39, 0.29) is 12.0 Å². The third-order valence-corrected chi connectivity index (χ3v) is 3.75. The summed E-state index contributed by atoms with van der Waals surface area (Å²) in [6, 6.07) is 7.75. The fourth-order valence-corrected chi connectivity index (χ4v) is 2.63. The fourth-order valence-electron chi connectivity index (χ4n) is 2.63. The number of hydrogen-bond acceptors (Lipinski definition) is 3. The molecule has 1 aromatic rings. The van der Waals surface area contributed by atoms with Crippen LogP contribution in [0, 0.1) is 5.92 Å². The lowest BCUT2D eigenvalue weighted by molar-refractivity contribution is -0.142. The summed E-state index contributed by atoms with van der Waals surface area (Å²) in [7, 11) is 0. The van der Waals surface area contributed by atoms with Crippen molar-refractivity contribution in [2.75, 3.05) is 6.61 Å². The molecule has 1 atom stereocenters. The van der Waals surface area contributed by atoms with Crippen LogP contribution in [0.1, 0.15) is 37.8 Å². The van der Waals surface area contributed by atoms with Crippen LogP contribution in [0.5, 0.6) is 0 Å². The van der Waals surface area contributed by atoms with Gasteiger partial charge in [-0.3, -0.25) is 4.79 Å². The van der Waals surface area contributed by atoms with Crippen molar-refractivity contribution < 1.29 is 19.4 Å². The van der Waals surface area contributed by atoms with Gasteiger partial charge in [0.2, 0.25) is 5.91 Å². The van der Waals surface area contributed by atoms with Gasteiger partial charge in [0.25, 0.3) is 0 Å². The van der Waals surface area contributed by atoms with Gasteiger partial charge in [0.05, 0.1) is 6.10 Å². The van der Waals surface area contributed by atoms with E-state index in [0.29, 0.717) is 24.5 Å². The Balaban J connectivity index is 1.84. The molecule has 1 fully saturated rings. The standard InChI is InChI=1S/C16H21NO4/c1-2-21-13-8-11(9-13)10-14(18)17-15(16(19)20)12-6-4-3-5-7-12/h3-7,11,13,15H,2,8-10H2,1H3,(H,17,18)(H,19,20)/t11?,13?,15-/m0/s1. The number of carbonyl (C=O) groups excluding carboxylic acids is 1. The monoisotopic (exact) mass is 291 g/mol. The van der Waals surface area contributed by atoms with Crippen LogP contribution in [0.15, 0.2) is 30.3 Å². The molecule has 5 heteroatoms. The molecule has 1 aliphatic carbocycles. The van der Waals surface area contributed by atoms with Crippen LogP contribution in [0.3, 0.4) is 0 Å². The second-order valence-corrected chi connectivity index (χ2v) is 5.37. The maximum Gasteiger partial charge on any atom is 0.330 e. The van der Waals surface area contributed by atoms with E-state index in [9.17, 15) is 14.7 Å². The van der Waals surface area contributed by atoms with Gasteiger partial charge < -0.3 is 15.2 Å². The highest BCUT2D eigenvalue weighted by Crippen LogP contribution is 2.32. The van der Waals surface area contributed by atoms with Crippen molar-refractivity contribution in [2.45, 2.75) is 38.3 Å². The van der Waals surface area contributed by atoms with Crippen molar-refractivity contribution in [2.24, 2.45) is 5.92 Å². The highest BCUT2D eigenvalue weighted by Gasteiger charge is 2.32. The molecule has 0 heterocycles. The molecule has 1 amide bonds. The molecule has 0 saturated heterocycles. The first-order valence-electron chi connectivity index (χ1n) is 7.28. The number of carbonyl (C=O) groups is 2. The zero-order chi connectivity index (χ0) is 15.2. The Hall–Kier alpha value is -1.88. The number of ether oxygens (including phenoxy) is 1. The van der Waals surface area contributed by atoms with E-state index in [2.05, 4.69) is 5.32 Å². The molecule has 5 nitrogen and oxygen atoms in total. The van der Waals surface area contributed by atoms with E-state index in [1.165, 1.54) is 0 Å². The third-order valence-electron chi connectivity index (χ3n) is 3.75. The summed E-state index contributed by atoms with van der Waals surface area (Å²) >= 11 is 0. The average Bonchev–Trinajstić information content (AvgIpc) is 2.43. The molecule has 1 aliphatic rings. The van der Waals surface area contributed by atoms with E-state index < -0.39 is 12.0 Å². The van der Waals surface area contributed by atoms with Crippen molar-refractivity contribution in [1.82, 2.24) is 5.32 Å². The Morgan fingerprint density at radius 2 is 2.00 bits per heavy atom. The molecular weight excluding hydrogens is 270 g/mol. The molecule has 0 aromatic heterocycles. The van der Waals surface area contributed by atoms with E-state index in [0.717, 1.165) is 12.8 Å². The van der Waals surface area contributed by atoms with Gasteiger partial charge in [0.1, 0.15) is 0 Å². The maximum absolute atomic E-state index is 12.0. The summed E-state index contributed by atoms with van der Waals surface area (Å²) in [5.41, 5.74) is 0.583. The molecule has 2 rings (SSSR count). The summed E-state index contributed by atoms with van der Waals surface area (Å²) in [6.07, 6.45) is 2.38. The van der Waals surface area contributed by atoms with Gasteiger partial charge in [-0.2, -0.15) is 0 Å². The lowest BCUT2D eigenvalue weighted by atomic mass is 9.80. The zero-order valence-corrected chi connectivity index (χ0v) is 12.1. The van der Waals surface area contributed by atoms with Crippen molar-refractivity contribution >= 4 is 11.9 Å². The van der Waals surface area contributed by atoms with Crippen LogP contribution >= 0.6 is 0 Å². The highest BCUT2D eigenvalue weighted by molar-refractivity contribution is 5.84. The minimum absolute atomic E-state index is 0.216. The number of rotatable bonds is 7. The topological polar surface area (TPSA) is 75.6 Å². The molecule has 1 saturated carbocycles. The molecule has 0 aliphatic heterocycles. The Morgan fingerprint density at radius 1 is 1.33 bits per heavy atom. The van der Waals surface area contributed by atoms with Crippen LogP contribution in [-0.2, 0) is 14.3 Å². The number of hydrogen-bond donors (Lipinski definition) is 2. The summed E-state index contributed by atoms with van der Waals surface area (Å²) in [5, 5.41) is 11.9. The van der Waals surface area contributed by atoms with Crippen LogP contribution < -0.4 is 5.32 Å². The third kappa shape index (κ3) is 4.29. The van der Waals surface area contributed by atoms with Crippen LogP contribution in [0.4, 0.5) is 0 Å². The predicted octanol–water partition coefficient (Wildman–Crippen LogP) is 2.13. The number of benzene rings is 1. The Labute approximate surface area is 124 Å². The number of amides is 1. The van der Waals surface area contributed by atoms with Gasteiger partial charge >= 0.3 is 5.97 Å². The smallest absolute Gasteiger partial charge is 0.330 e. The maximum atomic E-state index is 12.0. The van der Waals surface area contributed by atoms with Gasteiger partial charge in [-0.1, -0.05) is 30.3 Å². The fraction of sp³-hybridized carbons (Fsp3) is 0.500. The van der Waals surface area contributed by atoms with Gasteiger partial charge in [0.15, 0.2) is 6.04 Å². The van der Waals surface area contributed by atoms with E-state index in [4.69, 9.17) is 4.74 Å². The van der Waals surface area contributed by atoms with Gasteiger partial charge in [-0.15, -0.1) is 0 Å². The summed E-state index contributed by atoms with van der Waals surface area (Å²) in [6.45, 7) is 2.65. The Bertz CT molecular complexity index is 482. The quantitative estimate of drug-likeness (QED) is 0.807. The number of nitrogens with one attached hydrogen (secondary N) is 1. The van der Waals surface area contributed by atoms with Crippen LogP contribution in [-0.4, -0.2) is 29.7 Å². The van der Waals surface area contributed by atoms with Crippen molar-refractivity contribution in [1.29, 1.82) is 0 Å². The minimum atomic E-state index is -1.05. The molecule has 21 heavy (non-hydrogen) atoms. The normalized spacial score (nSPS) is 22.1. The first kappa shape index (κ1) is 15.5. The number of carboxylic acid groups (broad SMARTS) is 1. The lowest BCUT2D eigenvalue weighted by Crippen LogP contribution is -2.38. The van der Waals surface area contributed by atoms with E-state index in [1.807, 2.05) is 13.0 Å². The van der Waals surface area contributed by atoms with Gasteiger partial charge in [-0.05, 0) is 31.2 Å².